The molecule has 0 amide bonds. The number of ether oxygens (including phenoxy) is 1. The molecule has 6 heteroatoms. The SMILES string of the molecule is COCCN(C)C[C@@H]1CN(c2cc(C)c(C#N)c(C)n2)C[C@@H]1CO. The maximum absolute atomic E-state index is 9.75. The largest absolute Gasteiger partial charge is 0.396 e. The summed E-state index contributed by atoms with van der Waals surface area (Å²) in [6, 6.07) is 4.20. The lowest BCUT2D eigenvalue weighted by Gasteiger charge is -2.23. The summed E-state index contributed by atoms with van der Waals surface area (Å²) in [5.41, 5.74) is 2.39. The molecule has 1 fully saturated rings. The van der Waals surface area contributed by atoms with E-state index in [0.717, 1.165) is 43.3 Å². The lowest BCUT2D eigenvalue weighted by Crippen LogP contribution is -2.33. The Hall–Kier alpha value is -1.68. The minimum Gasteiger partial charge on any atom is -0.396 e. The summed E-state index contributed by atoms with van der Waals surface area (Å²) in [4.78, 5) is 9.09. The predicted octanol–water partition coefficient (Wildman–Crippen LogP) is 1.19. The van der Waals surface area contributed by atoms with E-state index in [4.69, 9.17) is 4.74 Å². The summed E-state index contributed by atoms with van der Waals surface area (Å²) in [7, 11) is 3.80. The van der Waals surface area contributed by atoms with E-state index in [1.165, 1.54) is 0 Å². The van der Waals surface area contributed by atoms with Gasteiger partial charge in [0.05, 0.1) is 17.9 Å². The Labute approximate surface area is 144 Å². The molecule has 0 aliphatic carbocycles. The summed E-state index contributed by atoms with van der Waals surface area (Å²) < 4.78 is 5.13. The van der Waals surface area contributed by atoms with Gasteiger partial charge in [-0.05, 0) is 38.4 Å². The number of aliphatic hydroxyl groups is 1. The predicted molar refractivity (Wildman–Crippen MR) is 94.1 cm³/mol. The van der Waals surface area contributed by atoms with Crippen LogP contribution in [-0.2, 0) is 4.74 Å². The van der Waals surface area contributed by atoms with E-state index in [1.807, 2.05) is 19.9 Å². The van der Waals surface area contributed by atoms with Crippen LogP contribution >= 0.6 is 0 Å². The second-order valence-corrected chi connectivity index (χ2v) is 6.73. The third-order valence-electron chi connectivity index (χ3n) is 4.85. The second kappa shape index (κ2) is 8.43. The van der Waals surface area contributed by atoms with Crippen molar-refractivity contribution in [2.45, 2.75) is 13.8 Å². The molecule has 6 nitrogen and oxygen atoms in total. The number of anilines is 1. The van der Waals surface area contributed by atoms with Gasteiger partial charge in [-0.25, -0.2) is 4.98 Å². The smallest absolute Gasteiger partial charge is 0.129 e. The lowest BCUT2D eigenvalue weighted by atomic mass is 9.96. The Morgan fingerprint density at radius 1 is 1.42 bits per heavy atom. The molecule has 0 saturated carbocycles. The molecule has 1 aliphatic rings. The fourth-order valence-corrected chi connectivity index (χ4v) is 3.42. The number of aromatic nitrogens is 1. The van der Waals surface area contributed by atoms with Crippen LogP contribution in [0.3, 0.4) is 0 Å². The van der Waals surface area contributed by atoms with E-state index < -0.39 is 0 Å². The van der Waals surface area contributed by atoms with Crippen molar-refractivity contribution >= 4 is 5.82 Å². The van der Waals surface area contributed by atoms with Gasteiger partial charge in [-0.2, -0.15) is 5.26 Å². The lowest BCUT2D eigenvalue weighted by molar-refractivity contribution is 0.136. The highest BCUT2D eigenvalue weighted by Crippen LogP contribution is 2.29. The minimum absolute atomic E-state index is 0.188. The molecule has 0 spiro atoms. The van der Waals surface area contributed by atoms with Crippen molar-refractivity contribution in [2.24, 2.45) is 11.8 Å². The molecule has 1 aromatic rings. The molecule has 0 aromatic carbocycles. The van der Waals surface area contributed by atoms with Crippen LogP contribution < -0.4 is 4.90 Å². The van der Waals surface area contributed by atoms with Crippen molar-refractivity contribution in [1.29, 1.82) is 5.26 Å². The number of nitriles is 1. The highest BCUT2D eigenvalue weighted by atomic mass is 16.5. The normalized spacial score (nSPS) is 20.6. The van der Waals surface area contributed by atoms with Gasteiger partial charge in [0.2, 0.25) is 0 Å². The molecule has 1 N–H and O–H groups in total. The third-order valence-corrected chi connectivity index (χ3v) is 4.85. The summed E-state index contributed by atoms with van der Waals surface area (Å²) >= 11 is 0. The highest BCUT2D eigenvalue weighted by molar-refractivity contribution is 5.50. The van der Waals surface area contributed by atoms with Crippen LogP contribution in [0.1, 0.15) is 16.8 Å². The van der Waals surface area contributed by atoms with Crippen LogP contribution in [0.2, 0.25) is 0 Å². The zero-order valence-corrected chi connectivity index (χ0v) is 15.1. The van der Waals surface area contributed by atoms with Crippen LogP contribution in [0, 0.1) is 37.0 Å². The Morgan fingerprint density at radius 3 is 2.71 bits per heavy atom. The van der Waals surface area contributed by atoms with Gasteiger partial charge in [0.1, 0.15) is 11.9 Å². The topological polar surface area (TPSA) is 72.6 Å². The van der Waals surface area contributed by atoms with E-state index in [-0.39, 0.29) is 12.5 Å². The Morgan fingerprint density at radius 2 is 2.12 bits per heavy atom. The average molecular weight is 332 g/mol. The van der Waals surface area contributed by atoms with Gasteiger partial charge in [0.15, 0.2) is 0 Å². The molecule has 0 unspecified atom stereocenters. The van der Waals surface area contributed by atoms with Crippen LogP contribution in [0.5, 0.6) is 0 Å². The van der Waals surface area contributed by atoms with Crippen molar-refractivity contribution in [2.75, 3.05) is 58.5 Å². The number of rotatable bonds is 7. The van der Waals surface area contributed by atoms with Crippen molar-refractivity contribution in [3.63, 3.8) is 0 Å². The molecule has 24 heavy (non-hydrogen) atoms. The van der Waals surface area contributed by atoms with Gasteiger partial charge in [-0.3, -0.25) is 0 Å². The number of hydrogen-bond acceptors (Lipinski definition) is 6. The van der Waals surface area contributed by atoms with E-state index in [2.05, 4.69) is 27.9 Å². The quantitative estimate of drug-likeness (QED) is 0.809. The molecule has 132 valence electrons. The minimum atomic E-state index is 0.188. The van der Waals surface area contributed by atoms with E-state index >= 15 is 0 Å². The second-order valence-electron chi connectivity index (χ2n) is 6.73. The number of aryl methyl sites for hydroxylation is 2. The van der Waals surface area contributed by atoms with E-state index in [1.54, 1.807) is 7.11 Å². The molecule has 0 radical (unpaired) electrons. The van der Waals surface area contributed by atoms with Gasteiger partial charge in [0.25, 0.3) is 0 Å². The molecule has 0 bridgehead atoms. The summed E-state index contributed by atoms with van der Waals surface area (Å²) in [5, 5.41) is 18.9. The van der Waals surface area contributed by atoms with Crippen molar-refractivity contribution in [3.8, 4) is 6.07 Å². The number of methoxy groups -OCH3 is 1. The molecular formula is C18H28N4O2. The van der Waals surface area contributed by atoms with E-state index in [9.17, 15) is 10.4 Å². The number of aliphatic hydroxyl groups excluding tert-OH is 1. The Bertz CT molecular complexity index is 576. The zero-order valence-electron chi connectivity index (χ0n) is 15.1. The maximum atomic E-state index is 9.75. The number of nitrogens with zero attached hydrogens (tertiary/aromatic N) is 4. The van der Waals surface area contributed by atoms with Gasteiger partial charge >= 0.3 is 0 Å². The van der Waals surface area contributed by atoms with Crippen molar-refractivity contribution < 1.29 is 9.84 Å². The highest BCUT2D eigenvalue weighted by Gasteiger charge is 2.33. The zero-order chi connectivity index (χ0) is 17.7. The molecular weight excluding hydrogens is 304 g/mol. The molecule has 2 heterocycles. The third kappa shape index (κ3) is 4.23. The van der Waals surface area contributed by atoms with Crippen molar-refractivity contribution in [1.82, 2.24) is 9.88 Å². The number of likely N-dealkylation sites (N-methyl/N-ethyl adjacent to an activating group) is 1. The van der Waals surface area contributed by atoms with Gasteiger partial charge in [-0.15, -0.1) is 0 Å². The number of pyridine rings is 1. The molecule has 1 aromatic heterocycles. The van der Waals surface area contributed by atoms with Gasteiger partial charge < -0.3 is 19.6 Å². The average Bonchev–Trinajstić information content (AvgIpc) is 2.95. The summed E-state index contributed by atoms with van der Waals surface area (Å²) in [6.45, 7) is 8.23. The van der Waals surface area contributed by atoms with Crippen molar-refractivity contribution in [3.05, 3.63) is 22.9 Å². The van der Waals surface area contributed by atoms with Crippen LogP contribution in [-0.4, -0.2) is 68.5 Å². The molecule has 1 saturated heterocycles. The van der Waals surface area contributed by atoms with Crippen LogP contribution in [0.4, 0.5) is 5.82 Å². The van der Waals surface area contributed by atoms with Gasteiger partial charge in [0, 0.05) is 45.8 Å². The summed E-state index contributed by atoms with van der Waals surface area (Å²) in [6.07, 6.45) is 0. The standard InChI is InChI=1S/C18H28N4O2/c1-13-7-18(20-14(2)17(13)8-19)22-10-15(16(11-22)12-23)9-21(3)5-6-24-4/h7,15-16,23H,5-6,9-12H2,1-4H3/t15-,16-/m1/s1. The molecule has 2 rings (SSSR count). The summed E-state index contributed by atoms with van der Waals surface area (Å²) in [5.74, 6) is 1.55. The fraction of sp³-hybridized carbons (Fsp3) is 0.667. The van der Waals surface area contributed by atoms with E-state index in [0.29, 0.717) is 18.1 Å². The first-order chi connectivity index (χ1) is 11.5. The van der Waals surface area contributed by atoms with Crippen LogP contribution in [0.25, 0.3) is 0 Å². The first kappa shape index (κ1) is 18.7. The first-order valence-electron chi connectivity index (χ1n) is 8.41. The molecule has 1 aliphatic heterocycles. The number of hydrogen-bond donors (Lipinski definition) is 1. The monoisotopic (exact) mass is 332 g/mol. The van der Waals surface area contributed by atoms with Crippen LogP contribution in [0.15, 0.2) is 6.07 Å². The van der Waals surface area contributed by atoms with Gasteiger partial charge in [-0.1, -0.05) is 0 Å². The molecule has 2 atom stereocenters. The fourth-order valence-electron chi connectivity index (χ4n) is 3.42. The first-order valence-corrected chi connectivity index (χ1v) is 8.41. The Kier molecular flexibility index (Phi) is 6.55. The Balaban J connectivity index is 2.10. The maximum Gasteiger partial charge on any atom is 0.129 e.